The normalized spacial score (nSPS) is 10.5. The van der Waals surface area contributed by atoms with Gasteiger partial charge in [0, 0.05) is 18.2 Å². The van der Waals surface area contributed by atoms with E-state index in [4.69, 9.17) is 14.2 Å². The third kappa shape index (κ3) is 4.61. The number of rotatable bonds is 8. The lowest BCUT2D eigenvalue weighted by Crippen LogP contribution is -2.17. The molecule has 4 nitrogen and oxygen atoms in total. The van der Waals surface area contributed by atoms with E-state index < -0.39 is 0 Å². The zero-order chi connectivity index (χ0) is 17.5. The molecular formula is C18H21BrFNO3. The second-order valence-electron chi connectivity index (χ2n) is 5.18. The van der Waals surface area contributed by atoms with Crippen LogP contribution in [0.5, 0.6) is 17.2 Å². The first-order valence-electron chi connectivity index (χ1n) is 7.52. The van der Waals surface area contributed by atoms with E-state index in [-0.39, 0.29) is 5.82 Å². The highest BCUT2D eigenvalue weighted by Gasteiger charge is 2.10. The molecule has 0 bridgehead atoms. The van der Waals surface area contributed by atoms with Crippen molar-refractivity contribution in [1.29, 1.82) is 0 Å². The Bertz CT molecular complexity index is 694. The summed E-state index contributed by atoms with van der Waals surface area (Å²) in [5.41, 5.74) is 1.97. The van der Waals surface area contributed by atoms with Crippen molar-refractivity contribution in [3.8, 4) is 17.2 Å². The zero-order valence-electron chi connectivity index (χ0n) is 14.0. The number of nitrogens with one attached hydrogen (secondary N) is 1. The highest BCUT2D eigenvalue weighted by Crippen LogP contribution is 2.32. The number of halogens is 2. The van der Waals surface area contributed by atoms with Crippen LogP contribution in [0.1, 0.15) is 11.1 Å². The van der Waals surface area contributed by atoms with Gasteiger partial charge in [-0.1, -0.05) is 6.07 Å². The summed E-state index contributed by atoms with van der Waals surface area (Å²) in [6.07, 6.45) is 0.774. The summed E-state index contributed by atoms with van der Waals surface area (Å²) in [7, 11) is 4.82. The van der Waals surface area contributed by atoms with Crippen molar-refractivity contribution in [2.45, 2.75) is 13.0 Å². The van der Waals surface area contributed by atoms with Gasteiger partial charge in [0.2, 0.25) is 0 Å². The monoisotopic (exact) mass is 396 g/mol. The highest BCUT2D eigenvalue weighted by atomic mass is 79.9. The number of benzene rings is 2. The Morgan fingerprint density at radius 2 is 1.58 bits per heavy atom. The molecule has 0 aliphatic rings. The molecule has 0 aliphatic heterocycles. The molecule has 6 heteroatoms. The molecule has 24 heavy (non-hydrogen) atoms. The largest absolute Gasteiger partial charge is 0.496 e. The summed E-state index contributed by atoms with van der Waals surface area (Å²) in [5, 5.41) is 3.34. The fraction of sp³-hybridized carbons (Fsp3) is 0.333. The van der Waals surface area contributed by atoms with Crippen LogP contribution in [0.25, 0.3) is 0 Å². The minimum absolute atomic E-state index is 0.303. The van der Waals surface area contributed by atoms with Gasteiger partial charge >= 0.3 is 0 Å². The molecule has 2 aromatic rings. The van der Waals surface area contributed by atoms with Crippen LogP contribution < -0.4 is 19.5 Å². The fourth-order valence-corrected chi connectivity index (χ4v) is 2.91. The Balaban J connectivity index is 1.97. The van der Waals surface area contributed by atoms with Crippen LogP contribution in [0.2, 0.25) is 0 Å². The summed E-state index contributed by atoms with van der Waals surface area (Å²) >= 11 is 3.45. The van der Waals surface area contributed by atoms with E-state index in [1.807, 2.05) is 12.1 Å². The molecule has 0 atom stereocenters. The molecule has 1 N–H and O–H groups in total. The van der Waals surface area contributed by atoms with Gasteiger partial charge in [-0.2, -0.15) is 0 Å². The first-order valence-corrected chi connectivity index (χ1v) is 8.32. The van der Waals surface area contributed by atoms with Crippen LogP contribution in [0, 0.1) is 5.82 Å². The third-order valence-electron chi connectivity index (χ3n) is 3.69. The van der Waals surface area contributed by atoms with E-state index in [2.05, 4.69) is 21.2 Å². The van der Waals surface area contributed by atoms with Crippen LogP contribution >= 0.6 is 15.9 Å². The molecule has 0 fully saturated rings. The lowest BCUT2D eigenvalue weighted by atomic mass is 10.1. The molecule has 0 aliphatic carbocycles. The molecule has 2 aromatic carbocycles. The lowest BCUT2D eigenvalue weighted by Gasteiger charge is -2.13. The zero-order valence-corrected chi connectivity index (χ0v) is 15.6. The Hall–Kier alpha value is -1.79. The summed E-state index contributed by atoms with van der Waals surface area (Å²) in [6.45, 7) is 1.33. The topological polar surface area (TPSA) is 39.7 Å². The molecule has 130 valence electrons. The van der Waals surface area contributed by atoms with Crippen molar-refractivity contribution in [2.75, 3.05) is 27.9 Å². The molecule has 0 amide bonds. The molecule has 0 saturated heterocycles. The van der Waals surface area contributed by atoms with Crippen LogP contribution in [0.4, 0.5) is 4.39 Å². The molecule has 0 spiro atoms. The average molecular weight is 397 g/mol. The predicted octanol–water partition coefficient (Wildman–Crippen LogP) is 3.95. The maximum atomic E-state index is 13.2. The Labute approximate surface area is 150 Å². The predicted molar refractivity (Wildman–Crippen MR) is 95.6 cm³/mol. The average Bonchev–Trinajstić information content (AvgIpc) is 2.60. The highest BCUT2D eigenvalue weighted by molar-refractivity contribution is 9.10. The molecular weight excluding hydrogens is 376 g/mol. The lowest BCUT2D eigenvalue weighted by molar-refractivity contribution is 0.396. The van der Waals surface area contributed by atoms with Crippen LogP contribution in [-0.4, -0.2) is 27.9 Å². The second kappa shape index (κ2) is 8.89. The van der Waals surface area contributed by atoms with Crippen molar-refractivity contribution < 1.29 is 18.6 Å². The van der Waals surface area contributed by atoms with Crippen LogP contribution in [0.15, 0.2) is 34.8 Å². The first kappa shape index (κ1) is 18.5. The Morgan fingerprint density at radius 1 is 0.917 bits per heavy atom. The molecule has 0 aromatic heterocycles. The molecule has 0 radical (unpaired) electrons. The molecule has 0 unspecified atom stereocenters. The maximum absolute atomic E-state index is 13.2. The van der Waals surface area contributed by atoms with Gasteiger partial charge in [0.25, 0.3) is 0 Å². The molecule has 0 heterocycles. The van der Waals surface area contributed by atoms with Gasteiger partial charge in [0.15, 0.2) is 0 Å². The Kier molecular flexibility index (Phi) is 6.87. The third-order valence-corrected chi connectivity index (χ3v) is 4.31. The smallest absolute Gasteiger partial charge is 0.133 e. The first-order chi connectivity index (χ1) is 11.6. The minimum Gasteiger partial charge on any atom is -0.496 e. The van der Waals surface area contributed by atoms with Crippen molar-refractivity contribution >= 4 is 15.9 Å². The SMILES string of the molecule is COc1cc(CCNCc2ccc([18F])cc2OC)c(OC)cc1Br. The van der Waals surface area contributed by atoms with E-state index in [0.717, 1.165) is 40.1 Å². The van der Waals surface area contributed by atoms with Crippen molar-refractivity contribution in [2.24, 2.45) is 0 Å². The fourth-order valence-electron chi connectivity index (χ4n) is 2.43. The van der Waals surface area contributed by atoms with Crippen molar-refractivity contribution in [1.82, 2.24) is 5.32 Å². The maximum Gasteiger partial charge on any atom is 0.133 e. The number of hydrogen-bond donors (Lipinski definition) is 1. The van der Waals surface area contributed by atoms with Gasteiger partial charge in [0.1, 0.15) is 23.1 Å². The van der Waals surface area contributed by atoms with E-state index in [9.17, 15) is 4.39 Å². The Morgan fingerprint density at radius 3 is 2.25 bits per heavy atom. The van der Waals surface area contributed by atoms with Gasteiger partial charge < -0.3 is 19.5 Å². The summed E-state index contributed by atoms with van der Waals surface area (Å²) in [5.74, 6) is 1.82. The second-order valence-corrected chi connectivity index (χ2v) is 6.04. The van der Waals surface area contributed by atoms with E-state index in [0.29, 0.717) is 12.3 Å². The molecule has 0 saturated carbocycles. The van der Waals surface area contributed by atoms with Gasteiger partial charge in [-0.25, -0.2) is 4.39 Å². The van der Waals surface area contributed by atoms with Gasteiger partial charge in [-0.05, 0) is 52.7 Å². The van der Waals surface area contributed by atoms with Crippen LogP contribution in [0.3, 0.4) is 0 Å². The van der Waals surface area contributed by atoms with E-state index in [1.165, 1.54) is 19.2 Å². The van der Waals surface area contributed by atoms with Crippen molar-refractivity contribution in [3.05, 3.63) is 51.7 Å². The summed E-state index contributed by atoms with van der Waals surface area (Å²) in [4.78, 5) is 0. The van der Waals surface area contributed by atoms with Crippen LogP contribution in [-0.2, 0) is 13.0 Å². The van der Waals surface area contributed by atoms with Gasteiger partial charge in [0.05, 0.1) is 25.8 Å². The standard InChI is InChI=1S/C18H21BrFNO3/c1-22-16-9-14(20)5-4-13(16)11-21-7-6-12-8-18(24-3)15(19)10-17(12)23-2/h4-5,8-10,21H,6-7,11H2,1-3H3/i20-1. The van der Waals surface area contributed by atoms with E-state index >= 15 is 0 Å². The van der Waals surface area contributed by atoms with Gasteiger partial charge in [-0.15, -0.1) is 0 Å². The van der Waals surface area contributed by atoms with Gasteiger partial charge in [-0.3, -0.25) is 0 Å². The summed E-state index contributed by atoms with van der Waals surface area (Å²) < 4.78 is 30.0. The number of ether oxygens (including phenoxy) is 3. The minimum atomic E-state index is -0.303. The van der Waals surface area contributed by atoms with E-state index in [1.54, 1.807) is 20.3 Å². The van der Waals surface area contributed by atoms with Crippen molar-refractivity contribution in [3.63, 3.8) is 0 Å². The number of hydrogen-bond acceptors (Lipinski definition) is 4. The quantitative estimate of drug-likeness (QED) is 0.685. The molecule has 2 rings (SSSR count). The number of methoxy groups -OCH3 is 3. The summed E-state index contributed by atoms with van der Waals surface area (Å²) in [6, 6.07) is 8.41.